The van der Waals surface area contributed by atoms with E-state index in [9.17, 15) is 0 Å². The highest BCUT2D eigenvalue weighted by atomic mass is 16.5. The van der Waals surface area contributed by atoms with Crippen LogP contribution in [0.3, 0.4) is 0 Å². The van der Waals surface area contributed by atoms with Crippen molar-refractivity contribution in [1.29, 1.82) is 0 Å². The Morgan fingerprint density at radius 3 is 2.75 bits per heavy atom. The van der Waals surface area contributed by atoms with Gasteiger partial charge in [-0.05, 0) is 39.3 Å². The van der Waals surface area contributed by atoms with Gasteiger partial charge in [0.2, 0.25) is 0 Å². The molecular weight excluding hydrogens is 200 g/mol. The third kappa shape index (κ3) is 4.81. The maximum absolute atomic E-state index is 5.64. The monoisotopic (exact) mass is 228 g/mol. The highest BCUT2D eigenvalue weighted by molar-refractivity contribution is 4.81. The highest BCUT2D eigenvalue weighted by Gasteiger charge is 2.23. The van der Waals surface area contributed by atoms with Crippen LogP contribution in [0, 0.1) is 5.92 Å². The second kappa shape index (κ2) is 7.25. The van der Waals surface area contributed by atoms with Crippen molar-refractivity contribution in [2.75, 3.05) is 33.4 Å². The second-order valence-corrected chi connectivity index (χ2v) is 5.36. The normalized spacial score (nSPS) is 27.6. The van der Waals surface area contributed by atoms with Crippen LogP contribution < -0.4 is 5.32 Å². The molecule has 16 heavy (non-hydrogen) atoms. The van der Waals surface area contributed by atoms with Crippen LogP contribution >= 0.6 is 0 Å². The molecule has 1 aliphatic rings. The predicted octanol–water partition coefficient (Wildman–Crippen LogP) is 1.73. The third-order valence-corrected chi connectivity index (χ3v) is 3.40. The molecule has 1 N–H and O–H groups in total. The molecule has 0 aromatic carbocycles. The van der Waals surface area contributed by atoms with Crippen molar-refractivity contribution in [2.45, 2.75) is 45.7 Å². The number of likely N-dealkylation sites (tertiary alicyclic amines) is 1. The van der Waals surface area contributed by atoms with Crippen LogP contribution in [0.4, 0.5) is 0 Å². The van der Waals surface area contributed by atoms with Gasteiger partial charge in [0, 0.05) is 25.2 Å². The predicted molar refractivity (Wildman–Crippen MR) is 68.8 cm³/mol. The Balaban J connectivity index is 2.13. The molecule has 0 spiro atoms. The van der Waals surface area contributed by atoms with Crippen molar-refractivity contribution < 1.29 is 4.74 Å². The van der Waals surface area contributed by atoms with Crippen LogP contribution in [-0.4, -0.2) is 50.3 Å². The van der Waals surface area contributed by atoms with E-state index in [2.05, 4.69) is 38.0 Å². The quantitative estimate of drug-likeness (QED) is 0.701. The van der Waals surface area contributed by atoms with E-state index < -0.39 is 0 Å². The fraction of sp³-hybridized carbons (Fsp3) is 1.00. The molecule has 3 nitrogen and oxygen atoms in total. The van der Waals surface area contributed by atoms with E-state index in [1.807, 2.05) is 0 Å². The molecule has 0 bridgehead atoms. The topological polar surface area (TPSA) is 24.5 Å². The molecule has 3 heteroatoms. The Morgan fingerprint density at radius 1 is 1.44 bits per heavy atom. The van der Waals surface area contributed by atoms with Crippen molar-refractivity contribution in [1.82, 2.24) is 10.2 Å². The van der Waals surface area contributed by atoms with Gasteiger partial charge in [-0.3, -0.25) is 4.90 Å². The van der Waals surface area contributed by atoms with Crippen LogP contribution in [-0.2, 0) is 4.74 Å². The zero-order chi connectivity index (χ0) is 12.0. The zero-order valence-corrected chi connectivity index (χ0v) is 11.3. The molecule has 1 aliphatic heterocycles. The third-order valence-electron chi connectivity index (χ3n) is 3.40. The standard InChI is InChI=1S/C13H28N2O/c1-11(2)10-16-8-7-15-6-5-13(14-4)9-12(15)3/h11-14H,5-10H2,1-4H3. The summed E-state index contributed by atoms with van der Waals surface area (Å²) in [4.78, 5) is 2.55. The molecule has 0 radical (unpaired) electrons. The first-order chi connectivity index (χ1) is 7.63. The van der Waals surface area contributed by atoms with Gasteiger partial charge in [-0.1, -0.05) is 13.8 Å². The van der Waals surface area contributed by atoms with Gasteiger partial charge in [-0.25, -0.2) is 0 Å². The summed E-state index contributed by atoms with van der Waals surface area (Å²) in [7, 11) is 2.07. The van der Waals surface area contributed by atoms with E-state index in [0.29, 0.717) is 18.0 Å². The van der Waals surface area contributed by atoms with Gasteiger partial charge in [-0.2, -0.15) is 0 Å². The van der Waals surface area contributed by atoms with Crippen molar-refractivity contribution >= 4 is 0 Å². The Kier molecular flexibility index (Phi) is 6.32. The maximum atomic E-state index is 5.64. The van der Waals surface area contributed by atoms with E-state index >= 15 is 0 Å². The summed E-state index contributed by atoms with van der Waals surface area (Å²) in [5.41, 5.74) is 0. The van der Waals surface area contributed by atoms with Crippen LogP contribution in [0.15, 0.2) is 0 Å². The summed E-state index contributed by atoms with van der Waals surface area (Å²) in [5, 5.41) is 3.38. The lowest BCUT2D eigenvalue weighted by atomic mass is 9.98. The molecule has 96 valence electrons. The molecule has 1 saturated heterocycles. The summed E-state index contributed by atoms with van der Waals surface area (Å²) in [5.74, 6) is 0.646. The molecule has 0 amide bonds. The molecule has 2 atom stereocenters. The summed E-state index contributed by atoms with van der Waals surface area (Å²) in [6, 6.07) is 1.40. The molecule has 0 aliphatic carbocycles. The number of piperidine rings is 1. The van der Waals surface area contributed by atoms with Gasteiger partial charge in [-0.15, -0.1) is 0 Å². The Bertz CT molecular complexity index is 185. The van der Waals surface area contributed by atoms with Crippen molar-refractivity contribution in [3.05, 3.63) is 0 Å². The Morgan fingerprint density at radius 2 is 2.19 bits per heavy atom. The summed E-state index contributed by atoms with van der Waals surface area (Å²) in [6.07, 6.45) is 2.53. The summed E-state index contributed by atoms with van der Waals surface area (Å²) < 4.78 is 5.64. The van der Waals surface area contributed by atoms with E-state index in [0.717, 1.165) is 19.8 Å². The molecule has 1 fully saturated rings. The number of ether oxygens (including phenoxy) is 1. The van der Waals surface area contributed by atoms with Crippen LogP contribution in [0.1, 0.15) is 33.6 Å². The zero-order valence-electron chi connectivity index (χ0n) is 11.3. The van der Waals surface area contributed by atoms with Gasteiger partial charge in [0.05, 0.1) is 6.61 Å². The lowest BCUT2D eigenvalue weighted by Crippen LogP contribution is -2.47. The maximum Gasteiger partial charge on any atom is 0.0593 e. The molecule has 0 aromatic heterocycles. The van der Waals surface area contributed by atoms with Gasteiger partial charge in [0.1, 0.15) is 0 Å². The minimum atomic E-state index is 0.646. The lowest BCUT2D eigenvalue weighted by Gasteiger charge is -2.37. The molecule has 0 saturated carbocycles. The second-order valence-electron chi connectivity index (χ2n) is 5.36. The molecule has 1 heterocycles. The SMILES string of the molecule is CNC1CCN(CCOCC(C)C)C(C)C1. The van der Waals surface area contributed by atoms with Gasteiger partial charge < -0.3 is 10.1 Å². The Hall–Kier alpha value is -0.120. The smallest absolute Gasteiger partial charge is 0.0593 e. The lowest BCUT2D eigenvalue weighted by molar-refractivity contribution is 0.0587. The fourth-order valence-electron chi connectivity index (χ4n) is 2.32. The highest BCUT2D eigenvalue weighted by Crippen LogP contribution is 2.16. The van der Waals surface area contributed by atoms with Crippen molar-refractivity contribution in [3.8, 4) is 0 Å². The number of nitrogens with one attached hydrogen (secondary N) is 1. The minimum Gasteiger partial charge on any atom is -0.380 e. The average molecular weight is 228 g/mol. The molecule has 2 unspecified atom stereocenters. The average Bonchev–Trinajstić information content (AvgIpc) is 2.25. The van der Waals surface area contributed by atoms with E-state index in [4.69, 9.17) is 4.74 Å². The van der Waals surface area contributed by atoms with Crippen LogP contribution in [0.2, 0.25) is 0 Å². The number of rotatable bonds is 6. The Labute approximate surface area is 101 Å². The van der Waals surface area contributed by atoms with Gasteiger partial charge in [0.15, 0.2) is 0 Å². The first-order valence-electron chi connectivity index (χ1n) is 6.62. The van der Waals surface area contributed by atoms with E-state index in [-0.39, 0.29) is 0 Å². The van der Waals surface area contributed by atoms with Gasteiger partial charge >= 0.3 is 0 Å². The van der Waals surface area contributed by atoms with E-state index in [1.165, 1.54) is 19.4 Å². The van der Waals surface area contributed by atoms with Crippen LogP contribution in [0.25, 0.3) is 0 Å². The molecule has 0 aromatic rings. The largest absolute Gasteiger partial charge is 0.380 e. The first-order valence-corrected chi connectivity index (χ1v) is 6.62. The fourth-order valence-corrected chi connectivity index (χ4v) is 2.32. The van der Waals surface area contributed by atoms with Crippen LogP contribution in [0.5, 0.6) is 0 Å². The number of nitrogens with zero attached hydrogens (tertiary/aromatic N) is 1. The van der Waals surface area contributed by atoms with E-state index in [1.54, 1.807) is 0 Å². The minimum absolute atomic E-state index is 0.646. The van der Waals surface area contributed by atoms with Gasteiger partial charge in [0.25, 0.3) is 0 Å². The van der Waals surface area contributed by atoms with Crippen molar-refractivity contribution in [2.24, 2.45) is 5.92 Å². The summed E-state index contributed by atoms with van der Waals surface area (Å²) in [6.45, 7) is 10.8. The molecule has 1 rings (SSSR count). The number of hydrogen-bond acceptors (Lipinski definition) is 3. The first kappa shape index (κ1) is 13.9. The number of hydrogen-bond donors (Lipinski definition) is 1. The van der Waals surface area contributed by atoms with Crippen molar-refractivity contribution in [3.63, 3.8) is 0 Å². The summed E-state index contributed by atoms with van der Waals surface area (Å²) >= 11 is 0. The molecular formula is C13H28N2O.